The maximum absolute atomic E-state index is 13.5. The number of nitrogens with one attached hydrogen (secondary N) is 1. The molecule has 9 heteroatoms. The molecule has 0 saturated carbocycles. The zero-order valence-corrected chi connectivity index (χ0v) is 20.2. The van der Waals surface area contributed by atoms with Crippen LogP contribution in [0, 0.1) is 0 Å². The minimum absolute atomic E-state index is 0.00374. The third-order valence-electron chi connectivity index (χ3n) is 5.16. The molecule has 3 rings (SSSR count). The van der Waals surface area contributed by atoms with Crippen molar-refractivity contribution in [1.29, 1.82) is 0 Å². The fraction of sp³-hybridized carbons (Fsp3) is 0.240. The third-order valence-corrected chi connectivity index (χ3v) is 6.95. The van der Waals surface area contributed by atoms with E-state index in [2.05, 4.69) is 5.32 Å². The molecule has 180 valence electrons. The predicted octanol–water partition coefficient (Wildman–Crippen LogP) is 3.22. The monoisotopic (exact) mass is 484 g/mol. The van der Waals surface area contributed by atoms with Gasteiger partial charge in [0.15, 0.2) is 11.5 Å². The number of carbonyl (C=O) groups excluding carboxylic acids is 1. The van der Waals surface area contributed by atoms with E-state index in [1.165, 1.54) is 32.4 Å². The molecule has 0 unspecified atom stereocenters. The fourth-order valence-electron chi connectivity index (χ4n) is 3.30. The van der Waals surface area contributed by atoms with Crippen molar-refractivity contribution in [2.24, 2.45) is 0 Å². The van der Waals surface area contributed by atoms with E-state index in [1.807, 2.05) is 42.5 Å². The van der Waals surface area contributed by atoms with Crippen LogP contribution >= 0.6 is 0 Å². The Bertz CT molecular complexity index is 1200. The van der Waals surface area contributed by atoms with E-state index < -0.39 is 15.9 Å². The molecule has 1 amide bonds. The molecule has 0 bridgehead atoms. The van der Waals surface area contributed by atoms with Crippen LogP contribution in [0.2, 0.25) is 0 Å². The number of sulfonamides is 1. The summed E-state index contributed by atoms with van der Waals surface area (Å²) in [5.74, 6) is 0.987. The van der Waals surface area contributed by atoms with Crippen molar-refractivity contribution in [3.8, 4) is 17.2 Å². The van der Waals surface area contributed by atoms with Gasteiger partial charge in [0.05, 0.1) is 32.8 Å². The molecule has 0 fully saturated rings. The van der Waals surface area contributed by atoms with E-state index in [-0.39, 0.29) is 30.3 Å². The van der Waals surface area contributed by atoms with Crippen molar-refractivity contribution in [3.05, 3.63) is 83.9 Å². The predicted molar refractivity (Wildman–Crippen MR) is 128 cm³/mol. The lowest BCUT2D eigenvalue weighted by atomic mass is 10.2. The number of rotatable bonds is 11. The summed E-state index contributed by atoms with van der Waals surface area (Å²) in [6.07, 6.45) is 0. The number of methoxy groups -OCH3 is 3. The Labute approximate surface area is 200 Å². The van der Waals surface area contributed by atoms with Gasteiger partial charge in [-0.1, -0.05) is 42.5 Å². The molecule has 8 nitrogen and oxygen atoms in total. The van der Waals surface area contributed by atoms with Crippen LogP contribution in [-0.2, 0) is 27.9 Å². The number of amides is 1. The molecule has 0 aliphatic rings. The average molecular weight is 485 g/mol. The molecule has 1 N–H and O–H groups in total. The minimum Gasteiger partial charge on any atom is -0.497 e. The lowest BCUT2D eigenvalue weighted by molar-refractivity contribution is -0.121. The van der Waals surface area contributed by atoms with E-state index >= 15 is 0 Å². The summed E-state index contributed by atoms with van der Waals surface area (Å²) < 4.78 is 43.8. The fourth-order valence-corrected chi connectivity index (χ4v) is 4.70. The van der Waals surface area contributed by atoms with Crippen molar-refractivity contribution in [3.63, 3.8) is 0 Å². The first-order chi connectivity index (χ1) is 16.4. The Morgan fingerprint density at radius 3 is 2.12 bits per heavy atom. The first-order valence-corrected chi connectivity index (χ1v) is 12.0. The van der Waals surface area contributed by atoms with Gasteiger partial charge in [-0.2, -0.15) is 4.31 Å². The molecule has 0 saturated heterocycles. The van der Waals surface area contributed by atoms with Gasteiger partial charge in [-0.15, -0.1) is 0 Å². The van der Waals surface area contributed by atoms with Crippen LogP contribution in [-0.4, -0.2) is 46.5 Å². The summed E-state index contributed by atoms with van der Waals surface area (Å²) in [5.41, 5.74) is 1.63. The highest BCUT2D eigenvalue weighted by Gasteiger charge is 2.28. The van der Waals surface area contributed by atoms with Crippen molar-refractivity contribution >= 4 is 15.9 Å². The number of carbonyl (C=O) groups is 1. The van der Waals surface area contributed by atoms with Crippen molar-refractivity contribution in [1.82, 2.24) is 9.62 Å². The van der Waals surface area contributed by atoms with Gasteiger partial charge in [0.1, 0.15) is 5.75 Å². The van der Waals surface area contributed by atoms with E-state index in [0.29, 0.717) is 11.5 Å². The van der Waals surface area contributed by atoms with Crippen molar-refractivity contribution in [2.45, 2.75) is 18.0 Å². The lowest BCUT2D eigenvalue weighted by Crippen LogP contribution is -2.40. The molecular formula is C25H28N2O6S. The van der Waals surface area contributed by atoms with Crippen molar-refractivity contribution in [2.75, 3.05) is 27.9 Å². The van der Waals surface area contributed by atoms with Gasteiger partial charge in [0.25, 0.3) is 0 Å². The maximum Gasteiger partial charge on any atom is 0.243 e. The topological polar surface area (TPSA) is 94.2 Å². The van der Waals surface area contributed by atoms with Crippen LogP contribution in [0.3, 0.4) is 0 Å². The molecule has 0 aliphatic heterocycles. The van der Waals surface area contributed by atoms with E-state index in [0.717, 1.165) is 15.4 Å². The Kier molecular flexibility index (Phi) is 8.50. The van der Waals surface area contributed by atoms with Crippen LogP contribution in [0.4, 0.5) is 0 Å². The molecule has 0 radical (unpaired) electrons. The number of benzene rings is 3. The smallest absolute Gasteiger partial charge is 0.243 e. The molecular weight excluding hydrogens is 456 g/mol. The van der Waals surface area contributed by atoms with Crippen LogP contribution < -0.4 is 19.5 Å². The highest BCUT2D eigenvalue weighted by Crippen LogP contribution is 2.31. The van der Waals surface area contributed by atoms with E-state index in [1.54, 1.807) is 19.2 Å². The standard InChI is InChI=1S/C25H28N2O6S/c1-31-21-11-9-19(10-12-21)16-26-25(28)18-27(17-20-7-5-4-6-8-20)34(29,30)22-13-14-23(32-2)24(15-22)33-3/h4-15H,16-18H2,1-3H3,(H,26,28). The summed E-state index contributed by atoms with van der Waals surface area (Å²) >= 11 is 0. The maximum atomic E-state index is 13.5. The molecule has 0 heterocycles. The molecule has 34 heavy (non-hydrogen) atoms. The number of ether oxygens (including phenoxy) is 3. The van der Waals surface area contributed by atoms with Gasteiger partial charge in [-0.3, -0.25) is 4.79 Å². The second-order valence-electron chi connectivity index (χ2n) is 7.40. The molecule has 3 aromatic rings. The summed E-state index contributed by atoms with van der Waals surface area (Å²) in [6.45, 7) is -0.0480. The molecule has 0 spiro atoms. The molecule has 0 atom stereocenters. The zero-order valence-electron chi connectivity index (χ0n) is 19.4. The highest BCUT2D eigenvalue weighted by atomic mass is 32.2. The number of nitrogens with zero attached hydrogens (tertiary/aromatic N) is 1. The summed E-state index contributed by atoms with van der Waals surface area (Å²) in [5, 5.41) is 2.79. The largest absolute Gasteiger partial charge is 0.497 e. The molecule has 0 aromatic heterocycles. The van der Waals surface area contributed by atoms with Gasteiger partial charge in [0.2, 0.25) is 15.9 Å². The first-order valence-electron chi connectivity index (χ1n) is 10.5. The Balaban J connectivity index is 1.81. The minimum atomic E-state index is -4.02. The second kappa shape index (κ2) is 11.5. The Hall–Kier alpha value is -3.56. The van der Waals surface area contributed by atoms with Crippen LogP contribution in [0.25, 0.3) is 0 Å². The SMILES string of the molecule is COc1ccc(CNC(=O)CN(Cc2ccccc2)S(=O)(=O)c2ccc(OC)c(OC)c2)cc1. The third kappa shape index (κ3) is 6.27. The van der Waals surface area contributed by atoms with Crippen LogP contribution in [0.15, 0.2) is 77.7 Å². The average Bonchev–Trinajstić information content (AvgIpc) is 2.87. The molecule has 0 aliphatic carbocycles. The summed E-state index contributed by atoms with van der Waals surface area (Å²) in [6, 6.07) is 20.7. The highest BCUT2D eigenvalue weighted by molar-refractivity contribution is 7.89. The van der Waals surface area contributed by atoms with E-state index in [4.69, 9.17) is 14.2 Å². The van der Waals surface area contributed by atoms with Crippen LogP contribution in [0.1, 0.15) is 11.1 Å². The van der Waals surface area contributed by atoms with Crippen molar-refractivity contribution < 1.29 is 27.4 Å². The summed E-state index contributed by atoms with van der Waals surface area (Å²) in [7, 11) is 0.463. The normalized spacial score (nSPS) is 11.2. The van der Waals surface area contributed by atoms with Gasteiger partial charge in [0, 0.05) is 19.2 Å². The van der Waals surface area contributed by atoms with Gasteiger partial charge < -0.3 is 19.5 Å². The number of hydrogen-bond donors (Lipinski definition) is 1. The Morgan fingerprint density at radius 1 is 0.824 bits per heavy atom. The van der Waals surface area contributed by atoms with Gasteiger partial charge >= 0.3 is 0 Å². The Morgan fingerprint density at radius 2 is 1.50 bits per heavy atom. The van der Waals surface area contributed by atoms with Gasteiger partial charge in [-0.25, -0.2) is 8.42 Å². The van der Waals surface area contributed by atoms with Gasteiger partial charge in [-0.05, 0) is 35.4 Å². The quantitative estimate of drug-likeness (QED) is 0.449. The molecule has 3 aromatic carbocycles. The second-order valence-corrected chi connectivity index (χ2v) is 9.34. The zero-order chi connectivity index (χ0) is 24.6. The van der Waals surface area contributed by atoms with Crippen LogP contribution in [0.5, 0.6) is 17.2 Å². The number of hydrogen-bond acceptors (Lipinski definition) is 6. The lowest BCUT2D eigenvalue weighted by Gasteiger charge is -2.22. The van der Waals surface area contributed by atoms with E-state index in [9.17, 15) is 13.2 Å². The first kappa shape index (κ1) is 25.1. The summed E-state index contributed by atoms with van der Waals surface area (Å²) in [4.78, 5) is 12.8.